The summed E-state index contributed by atoms with van der Waals surface area (Å²) < 4.78 is 38.0. The standard InChI is InChI=1S/C19H20N2O5S/c1-12-13(2)26-14(3)18(12)19(22)21-15-6-4-8-17(10-15)27(23,24)20-11-16-7-5-9-25-16/h4-10,20H,11H2,1-3H3,(H,21,22). The zero-order chi connectivity index (χ0) is 19.6. The molecule has 7 nitrogen and oxygen atoms in total. The highest BCUT2D eigenvalue weighted by atomic mass is 32.2. The molecule has 27 heavy (non-hydrogen) atoms. The van der Waals surface area contributed by atoms with Crippen LogP contribution in [0, 0.1) is 20.8 Å². The van der Waals surface area contributed by atoms with Gasteiger partial charge >= 0.3 is 0 Å². The number of carbonyl (C=O) groups excluding carboxylic acids is 1. The van der Waals surface area contributed by atoms with Crippen LogP contribution in [-0.4, -0.2) is 14.3 Å². The lowest BCUT2D eigenvalue weighted by atomic mass is 10.1. The molecule has 0 bridgehead atoms. The Kier molecular flexibility index (Phi) is 5.20. The van der Waals surface area contributed by atoms with Crippen molar-refractivity contribution in [2.45, 2.75) is 32.2 Å². The summed E-state index contributed by atoms with van der Waals surface area (Å²) in [5.41, 5.74) is 1.59. The first-order chi connectivity index (χ1) is 12.8. The summed E-state index contributed by atoms with van der Waals surface area (Å²) in [4.78, 5) is 12.6. The highest BCUT2D eigenvalue weighted by molar-refractivity contribution is 7.89. The predicted molar refractivity (Wildman–Crippen MR) is 100 cm³/mol. The quantitative estimate of drug-likeness (QED) is 0.673. The summed E-state index contributed by atoms with van der Waals surface area (Å²) in [7, 11) is -3.75. The van der Waals surface area contributed by atoms with E-state index >= 15 is 0 Å². The maximum absolute atomic E-state index is 12.6. The van der Waals surface area contributed by atoms with Crippen LogP contribution in [0.3, 0.4) is 0 Å². The SMILES string of the molecule is Cc1oc(C)c(C(=O)Nc2cccc(S(=O)(=O)NCc3ccco3)c2)c1C. The molecule has 0 saturated carbocycles. The lowest BCUT2D eigenvalue weighted by Crippen LogP contribution is -2.23. The minimum Gasteiger partial charge on any atom is -0.468 e. The van der Waals surface area contributed by atoms with Crippen LogP contribution >= 0.6 is 0 Å². The Morgan fingerprint density at radius 3 is 2.48 bits per heavy atom. The fraction of sp³-hybridized carbons (Fsp3) is 0.211. The maximum atomic E-state index is 12.6. The number of aryl methyl sites for hydroxylation is 2. The molecule has 0 radical (unpaired) electrons. The van der Waals surface area contributed by atoms with Gasteiger partial charge in [-0.05, 0) is 51.1 Å². The molecule has 1 aromatic carbocycles. The maximum Gasteiger partial charge on any atom is 0.259 e. The van der Waals surface area contributed by atoms with E-state index in [4.69, 9.17) is 8.83 Å². The van der Waals surface area contributed by atoms with E-state index in [1.165, 1.54) is 18.4 Å². The first kappa shape index (κ1) is 18.9. The van der Waals surface area contributed by atoms with Gasteiger partial charge < -0.3 is 14.2 Å². The topological polar surface area (TPSA) is 102 Å². The summed E-state index contributed by atoms with van der Waals surface area (Å²) >= 11 is 0. The van der Waals surface area contributed by atoms with Gasteiger partial charge in [0.1, 0.15) is 17.3 Å². The molecule has 142 valence electrons. The van der Waals surface area contributed by atoms with Crippen LogP contribution in [0.4, 0.5) is 5.69 Å². The summed E-state index contributed by atoms with van der Waals surface area (Å²) in [6.45, 7) is 5.35. The highest BCUT2D eigenvalue weighted by Crippen LogP contribution is 2.23. The minimum absolute atomic E-state index is 0.0403. The van der Waals surface area contributed by atoms with E-state index in [2.05, 4.69) is 10.0 Å². The van der Waals surface area contributed by atoms with Gasteiger partial charge in [-0.15, -0.1) is 0 Å². The zero-order valence-corrected chi connectivity index (χ0v) is 16.0. The minimum atomic E-state index is -3.75. The third kappa shape index (κ3) is 4.12. The van der Waals surface area contributed by atoms with Gasteiger partial charge in [-0.25, -0.2) is 13.1 Å². The molecule has 0 aliphatic heterocycles. The summed E-state index contributed by atoms with van der Waals surface area (Å²) in [5, 5.41) is 2.73. The van der Waals surface area contributed by atoms with Crippen LogP contribution in [0.1, 0.15) is 33.2 Å². The van der Waals surface area contributed by atoms with E-state index in [1.807, 2.05) is 0 Å². The molecule has 2 aromatic heterocycles. The normalized spacial score (nSPS) is 11.5. The predicted octanol–water partition coefficient (Wildman–Crippen LogP) is 3.53. The molecule has 1 amide bonds. The van der Waals surface area contributed by atoms with Crippen molar-refractivity contribution in [3.63, 3.8) is 0 Å². The number of carbonyl (C=O) groups is 1. The van der Waals surface area contributed by atoms with Gasteiger partial charge in [0.25, 0.3) is 5.91 Å². The van der Waals surface area contributed by atoms with Gasteiger partial charge in [0.15, 0.2) is 0 Å². The molecule has 0 aliphatic rings. The average molecular weight is 388 g/mol. The van der Waals surface area contributed by atoms with Crippen LogP contribution < -0.4 is 10.0 Å². The molecule has 2 heterocycles. The Morgan fingerprint density at radius 1 is 1.07 bits per heavy atom. The monoisotopic (exact) mass is 388 g/mol. The number of rotatable bonds is 6. The highest BCUT2D eigenvalue weighted by Gasteiger charge is 2.20. The second-order valence-corrected chi connectivity index (χ2v) is 7.87. The Balaban J connectivity index is 1.77. The number of nitrogens with one attached hydrogen (secondary N) is 2. The molecule has 0 atom stereocenters. The second-order valence-electron chi connectivity index (χ2n) is 6.10. The number of benzene rings is 1. The van der Waals surface area contributed by atoms with Crippen molar-refractivity contribution < 1.29 is 22.0 Å². The smallest absolute Gasteiger partial charge is 0.259 e. The van der Waals surface area contributed by atoms with E-state index in [1.54, 1.807) is 45.0 Å². The Hall–Kier alpha value is -2.84. The van der Waals surface area contributed by atoms with Crippen LogP contribution in [0.25, 0.3) is 0 Å². The Morgan fingerprint density at radius 2 is 1.85 bits per heavy atom. The van der Waals surface area contributed by atoms with Gasteiger partial charge in [-0.1, -0.05) is 6.07 Å². The van der Waals surface area contributed by atoms with E-state index in [9.17, 15) is 13.2 Å². The van der Waals surface area contributed by atoms with Gasteiger partial charge in [-0.3, -0.25) is 4.79 Å². The van der Waals surface area contributed by atoms with Crippen molar-refractivity contribution in [1.29, 1.82) is 0 Å². The fourth-order valence-electron chi connectivity index (χ4n) is 2.72. The number of furan rings is 2. The second kappa shape index (κ2) is 7.42. The number of hydrogen-bond acceptors (Lipinski definition) is 5. The Labute approximate surface area is 157 Å². The molecular formula is C19H20N2O5S. The van der Waals surface area contributed by atoms with Crippen LogP contribution in [0.2, 0.25) is 0 Å². The van der Waals surface area contributed by atoms with Crippen molar-refractivity contribution in [3.05, 3.63) is 71.1 Å². The van der Waals surface area contributed by atoms with Crippen molar-refractivity contribution in [2.24, 2.45) is 0 Å². The molecule has 3 rings (SSSR count). The third-order valence-corrected chi connectivity index (χ3v) is 5.61. The molecule has 3 aromatic rings. The van der Waals surface area contributed by atoms with Crippen LogP contribution in [0.5, 0.6) is 0 Å². The molecule has 0 unspecified atom stereocenters. The van der Waals surface area contributed by atoms with E-state index in [0.29, 0.717) is 28.5 Å². The molecule has 0 spiro atoms. The Bertz CT molecular complexity index is 1070. The molecular weight excluding hydrogens is 368 g/mol. The van der Waals surface area contributed by atoms with Gasteiger partial charge in [0.05, 0.1) is 23.3 Å². The van der Waals surface area contributed by atoms with Crippen molar-refractivity contribution in [3.8, 4) is 0 Å². The first-order valence-electron chi connectivity index (χ1n) is 8.28. The number of anilines is 1. The summed E-state index contributed by atoms with van der Waals surface area (Å²) in [6, 6.07) is 9.41. The zero-order valence-electron chi connectivity index (χ0n) is 15.2. The molecule has 0 saturated heterocycles. The molecule has 0 fully saturated rings. The van der Waals surface area contributed by atoms with E-state index < -0.39 is 10.0 Å². The van der Waals surface area contributed by atoms with Crippen LogP contribution in [0.15, 0.2) is 56.4 Å². The summed E-state index contributed by atoms with van der Waals surface area (Å²) in [6.07, 6.45) is 1.47. The lowest BCUT2D eigenvalue weighted by Gasteiger charge is -2.09. The average Bonchev–Trinajstić information content (AvgIpc) is 3.22. The van der Waals surface area contributed by atoms with Crippen molar-refractivity contribution >= 4 is 21.6 Å². The van der Waals surface area contributed by atoms with Crippen molar-refractivity contribution in [1.82, 2.24) is 4.72 Å². The lowest BCUT2D eigenvalue weighted by molar-refractivity contribution is 0.102. The third-order valence-electron chi connectivity index (χ3n) is 4.21. The molecule has 8 heteroatoms. The van der Waals surface area contributed by atoms with Crippen LogP contribution in [-0.2, 0) is 16.6 Å². The van der Waals surface area contributed by atoms with E-state index in [-0.39, 0.29) is 17.3 Å². The van der Waals surface area contributed by atoms with E-state index in [0.717, 1.165) is 5.56 Å². The summed E-state index contributed by atoms with van der Waals surface area (Å²) in [5.74, 6) is 1.35. The van der Waals surface area contributed by atoms with Gasteiger partial charge in [0, 0.05) is 11.3 Å². The number of amides is 1. The van der Waals surface area contributed by atoms with Gasteiger partial charge in [-0.2, -0.15) is 0 Å². The van der Waals surface area contributed by atoms with Gasteiger partial charge in [0.2, 0.25) is 10.0 Å². The number of hydrogen-bond donors (Lipinski definition) is 2. The van der Waals surface area contributed by atoms with Crippen molar-refractivity contribution in [2.75, 3.05) is 5.32 Å². The molecule has 0 aliphatic carbocycles. The number of sulfonamides is 1. The molecule has 2 N–H and O–H groups in total. The first-order valence-corrected chi connectivity index (χ1v) is 9.76. The fourth-order valence-corrected chi connectivity index (χ4v) is 3.76. The largest absolute Gasteiger partial charge is 0.468 e.